The summed E-state index contributed by atoms with van der Waals surface area (Å²) in [5.74, 6) is 1.33. The van der Waals surface area contributed by atoms with Crippen LogP contribution in [0.4, 0.5) is 5.69 Å². The second-order valence-electron chi connectivity index (χ2n) is 6.63. The first-order valence-electron chi connectivity index (χ1n) is 7.74. The first-order chi connectivity index (χ1) is 9.59. The molecule has 3 rings (SSSR count). The number of hydrogen-bond donors (Lipinski definition) is 2. The van der Waals surface area contributed by atoms with Gasteiger partial charge < -0.3 is 11.1 Å². The number of amides is 1. The standard InChI is InChI=1S/C17H24N2O/c1-12-4-8-15(9-5-12)19-17(16(18)20)10-2-3-14(11-17)13-6-7-13/h4-5,8-9,13-14,19H,2-3,6-7,10-11H2,1H3,(H2,18,20). The molecule has 20 heavy (non-hydrogen) atoms. The Hall–Kier alpha value is -1.51. The van der Waals surface area contributed by atoms with E-state index in [1.54, 1.807) is 0 Å². The summed E-state index contributed by atoms with van der Waals surface area (Å²) in [6.07, 6.45) is 6.80. The van der Waals surface area contributed by atoms with Gasteiger partial charge in [0, 0.05) is 5.69 Å². The van der Waals surface area contributed by atoms with E-state index >= 15 is 0 Å². The molecule has 3 nitrogen and oxygen atoms in total. The number of rotatable bonds is 4. The molecular formula is C17H24N2O. The van der Waals surface area contributed by atoms with Crippen molar-refractivity contribution >= 4 is 11.6 Å². The summed E-state index contributed by atoms with van der Waals surface area (Å²) in [7, 11) is 0. The van der Waals surface area contributed by atoms with Crippen LogP contribution in [0.1, 0.15) is 44.1 Å². The van der Waals surface area contributed by atoms with Gasteiger partial charge in [-0.15, -0.1) is 0 Å². The number of primary amides is 1. The second kappa shape index (κ2) is 5.12. The molecule has 2 unspecified atom stereocenters. The minimum absolute atomic E-state index is 0.191. The highest BCUT2D eigenvalue weighted by molar-refractivity contribution is 5.88. The minimum Gasteiger partial charge on any atom is -0.371 e. The first-order valence-corrected chi connectivity index (χ1v) is 7.74. The summed E-state index contributed by atoms with van der Waals surface area (Å²) in [5.41, 5.74) is 7.45. The van der Waals surface area contributed by atoms with Gasteiger partial charge in [-0.3, -0.25) is 4.79 Å². The van der Waals surface area contributed by atoms with Crippen LogP contribution in [0.2, 0.25) is 0 Å². The van der Waals surface area contributed by atoms with Gasteiger partial charge in [0.25, 0.3) is 0 Å². The van der Waals surface area contributed by atoms with E-state index in [2.05, 4.69) is 24.4 Å². The molecule has 0 spiro atoms. The monoisotopic (exact) mass is 272 g/mol. The van der Waals surface area contributed by atoms with Gasteiger partial charge in [-0.25, -0.2) is 0 Å². The number of benzene rings is 1. The first kappa shape index (κ1) is 13.5. The van der Waals surface area contributed by atoms with Gasteiger partial charge in [-0.2, -0.15) is 0 Å². The van der Waals surface area contributed by atoms with Crippen LogP contribution in [-0.4, -0.2) is 11.4 Å². The number of hydrogen-bond acceptors (Lipinski definition) is 2. The van der Waals surface area contributed by atoms with Crippen molar-refractivity contribution in [2.24, 2.45) is 17.6 Å². The Labute approximate surface area is 120 Å². The molecule has 0 radical (unpaired) electrons. The average molecular weight is 272 g/mol. The zero-order chi connectivity index (χ0) is 14.2. The van der Waals surface area contributed by atoms with Crippen LogP contribution < -0.4 is 11.1 Å². The Kier molecular flexibility index (Phi) is 3.45. The van der Waals surface area contributed by atoms with Crippen LogP contribution in [0, 0.1) is 18.8 Å². The highest BCUT2D eigenvalue weighted by Crippen LogP contribution is 2.47. The Morgan fingerprint density at radius 1 is 1.20 bits per heavy atom. The van der Waals surface area contributed by atoms with E-state index in [0.717, 1.165) is 30.9 Å². The molecule has 108 valence electrons. The highest BCUT2D eigenvalue weighted by atomic mass is 16.1. The van der Waals surface area contributed by atoms with Crippen molar-refractivity contribution in [2.45, 2.75) is 51.0 Å². The van der Waals surface area contributed by atoms with Gasteiger partial charge in [-0.1, -0.05) is 24.1 Å². The molecule has 1 aromatic carbocycles. The van der Waals surface area contributed by atoms with Gasteiger partial charge in [0.1, 0.15) is 5.54 Å². The Morgan fingerprint density at radius 2 is 1.90 bits per heavy atom. The van der Waals surface area contributed by atoms with Crippen molar-refractivity contribution in [3.8, 4) is 0 Å². The smallest absolute Gasteiger partial charge is 0.243 e. The summed E-state index contributed by atoms with van der Waals surface area (Å²) in [6, 6.07) is 8.22. The van der Waals surface area contributed by atoms with Crippen molar-refractivity contribution in [3.05, 3.63) is 29.8 Å². The van der Waals surface area contributed by atoms with E-state index in [9.17, 15) is 4.79 Å². The number of carbonyl (C=O) groups excluding carboxylic acids is 1. The van der Waals surface area contributed by atoms with E-state index in [0.29, 0.717) is 5.92 Å². The van der Waals surface area contributed by atoms with Crippen molar-refractivity contribution in [2.75, 3.05) is 5.32 Å². The molecule has 2 saturated carbocycles. The topological polar surface area (TPSA) is 55.1 Å². The minimum atomic E-state index is -0.541. The summed E-state index contributed by atoms with van der Waals surface area (Å²) < 4.78 is 0. The molecule has 0 bridgehead atoms. The van der Waals surface area contributed by atoms with Gasteiger partial charge in [0.2, 0.25) is 5.91 Å². The van der Waals surface area contributed by atoms with E-state index in [-0.39, 0.29) is 5.91 Å². The molecule has 2 aliphatic carbocycles. The predicted molar refractivity (Wildman–Crippen MR) is 81.4 cm³/mol. The maximum atomic E-state index is 12.1. The van der Waals surface area contributed by atoms with Crippen LogP contribution in [0.3, 0.4) is 0 Å². The molecule has 1 aromatic rings. The molecule has 2 aliphatic rings. The fraction of sp³-hybridized carbons (Fsp3) is 0.588. The van der Waals surface area contributed by atoms with Crippen molar-refractivity contribution < 1.29 is 4.79 Å². The summed E-state index contributed by atoms with van der Waals surface area (Å²) >= 11 is 0. The predicted octanol–water partition coefficient (Wildman–Crippen LogP) is 3.23. The van der Waals surface area contributed by atoms with Crippen LogP contribution in [0.15, 0.2) is 24.3 Å². The normalized spacial score (nSPS) is 29.9. The molecule has 2 atom stereocenters. The second-order valence-corrected chi connectivity index (χ2v) is 6.63. The molecule has 2 fully saturated rings. The largest absolute Gasteiger partial charge is 0.371 e. The van der Waals surface area contributed by atoms with Crippen LogP contribution in [0.25, 0.3) is 0 Å². The van der Waals surface area contributed by atoms with Gasteiger partial charge in [0.05, 0.1) is 0 Å². The zero-order valence-electron chi connectivity index (χ0n) is 12.2. The average Bonchev–Trinajstić information content (AvgIpc) is 3.26. The zero-order valence-corrected chi connectivity index (χ0v) is 12.2. The lowest BCUT2D eigenvalue weighted by Crippen LogP contribution is -2.53. The quantitative estimate of drug-likeness (QED) is 0.884. The number of carbonyl (C=O) groups is 1. The van der Waals surface area contributed by atoms with Crippen molar-refractivity contribution in [1.29, 1.82) is 0 Å². The molecule has 1 amide bonds. The van der Waals surface area contributed by atoms with Crippen LogP contribution in [-0.2, 0) is 4.79 Å². The molecule has 3 heteroatoms. The molecule has 0 heterocycles. The van der Waals surface area contributed by atoms with Crippen LogP contribution in [0.5, 0.6) is 0 Å². The highest BCUT2D eigenvalue weighted by Gasteiger charge is 2.45. The molecule has 3 N–H and O–H groups in total. The number of anilines is 1. The summed E-state index contributed by atoms with van der Waals surface area (Å²) in [4.78, 5) is 12.1. The Bertz CT molecular complexity index is 492. The van der Waals surface area contributed by atoms with E-state index in [4.69, 9.17) is 5.73 Å². The molecular weight excluding hydrogens is 248 g/mol. The van der Waals surface area contributed by atoms with Crippen molar-refractivity contribution in [3.63, 3.8) is 0 Å². The third kappa shape index (κ3) is 2.67. The van der Waals surface area contributed by atoms with Gasteiger partial charge in [0.15, 0.2) is 0 Å². The maximum Gasteiger partial charge on any atom is 0.243 e. The lowest BCUT2D eigenvalue weighted by Gasteiger charge is -2.40. The molecule has 0 saturated heterocycles. The fourth-order valence-corrected chi connectivity index (χ4v) is 3.60. The van der Waals surface area contributed by atoms with E-state index in [1.165, 1.54) is 24.8 Å². The summed E-state index contributed by atoms with van der Waals surface area (Å²) in [5, 5.41) is 3.46. The maximum absolute atomic E-state index is 12.1. The Balaban J connectivity index is 1.79. The molecule has 0 aromatic heterocycles. The SMILES string of the molecule is Cc1ccc(NC2(C(N)=O)CCCC(C3CC3)C2)cc1. The van der Waals surface area contributed by atoms with E-state index < -0.39 is 5.54 Å². The van der Waals surface area contributed by atoms with Gasteiger partial charge in [-0.05, 0) is 63.0 Å². The fourth-order valence-electron chi connectivity index (χ4n) is 3.60. The molecule has 0 aliphatic heterocycles. The Morgan fingerprint density at radius 3 is 2.50 bits per heavy atom. The van der Waals surface area contributed by atoms with E-state index in [1.807, 2.05) is 12.1 Å². The van der Waals surface area contributed by atoms with Crippen LogP contribution >= 0.6 is 0 Å². The number of nitrogens with two attached hydrogens (primary N) is 1. The summed E-state index contributed by atoms with van der Waals surface area (Å²) in [6.45, 7) is 2.07. The van der Waals surface area contributed by atoms with Crippen molar-refractivity contribution in [1.82, 2.24) is 0 Å². The lowest BCUT2D eigenvalue weighted by molar-refractivity contribution is -0.123. The lowest BCUT2D eigenvalue weighted by atomic mass is 9.73. The number of nitrogens with one attached hydrogen (secondary N) is 1. The third-order valence-electron chi connectivity index (χ3n) is 4.98. The van der Waals surface area contributed by atoms with Gasteiger partial charge >= 0.3 is 0 Å². The number of aryl methyl sites for hydroxylation is 1. The third-order valence-corrected chi connectivity index (χ3v) is 4.98.